The standard InChI is InChI=1S/C13H13N3O/c17-13-10-2-1-3-11(10)15-12(16-13)8-9-4-6-14-7-5-9/h4-7H,1-3,8H2,(H,15,16,17). The zero-order valence-corrected chi connectivity index (χ0v) is 9.44. The van der Waals surface area contributed by atoms with Crippen LogP contribution in [0.5, 0.6) is 0 Å². The van der Waals surface area contributed by atoms with Gasteiger partial charge in [0.2, 0.25) is 0 Å². The summed E-state index contributed by atoms with van der Waals surface area (Å²) in [5, 5.41) is 0. The Labute approximate surface area is 98.8 Å². The third-order valence-electron chi connectivity index (χ3n) is 3.11. The smallest absolute Gasteiger partial charge is 0.254 e. The topological polar surface area (TPSA) is 58.6 Å². The summed E-state index contributed by atoms with van der Waals surface area (Å²) in [4.78, 5) is 23.2. The second-order valence-electron chi connectivity index (χ2n) is 4.32. The monoisotopic (exact) mass is 227 g/mol. The van der Waals surface area contributed by atoms with Crippen LogP contribution in [0.25, 0.3) is 0 Å². The Bertz CT molecular complexity index is 589. The zero-order chi connectivity index (χ0) is 11.7. The molecule has 4 heteroatoms. The highest BCUT2D eigenvalue weighted by Gasteiger charge is 2.16. The highest BCUT2D eigenvalue weighted by atomic mass is 16.1. The Morgan fingerprint density at radius 1 is 1.24 bits per heavy atom. The van der Waals surface area contributed by atoms with Gasteiger partial charge >= 0.3 is 0 Å². The van der Waals surface area contributed by atoms with Crippen LogP contribution in [-0.4, -0.2) is 15.0 Å². The molecular weight excluding hydrogens is 214 g/mol. The fourth-order valence-electron chi connectivity index (χ4n) is 2.27. The third-order valence-corrected chi connectivity index (χ3v) is 3.11. The number of aromatic nitrogens is 3. The van der Waals surface area contributed by atoms with Crippen molar-refractivity contribution in [3.63, 3.8) is 0 Å². The molecule has 0 atom stereocenters. The number of rotatable bonds is 2. The molecule has 0 saturated heterocycles. The Kier molecular flexibility index (Phi) is 2.48. The normalized spacial score (nSPS) is 13.6. The van der Waals surface area contributed by atoms with Crippen molar-refractivity contribution < 1.29 is 0 Å². The summed E-state index contributed by atoms with van der Waals surface area (Å²) in [7, 11) is 0. The van der Waals surface area contributed by atoms with Crippen LogP contribution in [0.1, 0.15) is 29.1 Å². The molecule has 0 amide bonds. The van der Waals surface area contributed by atoms with E-state index in [1.165, 1.54) is 0 Å². The lowest BCUT2D eigenvalue weighted by atomic mass is 10.2. The minimum Gasteiger partial charge on any atom is -0.310 e. The Morgan fingerprint density at radius 2 is 2.06 bits per heavy atom. The molecule has 17 heavy (non-hydrogen) atoms. The van der Waals surface area contributed by atoms with Gasteiger partial charge in [0, 0.05) is 24.4 Å². The third kappa shape index (κ3) is 1.98. The predicted octanol–water partition coefficient (Wildman–Crippen LogP) is 1.24. The van der Waals surface area contributed by atoms with E-state index < -0.39 is 0 Å². The molecule has 2 heterocycles. The van der Waals surface area contributed by atoms with Crippen molar-refractivity contribution in [2.75, 3.05) is 0 Å². The highest BCUT2D eigenvalue weighted by molar-refractivity contribution is 5.24. The van der Waals surface area contributed by atoms with Crippen LogP contribution in [0.15, 0.2) is 29.3 Å². The predicted molar refractivity (Wildman–Crippen MR) is 63.9 cm³/mol. The number of nitrogens with one attached hydrogen (secondary N) is 1. The minimum atomic E-state index is 0.0385. The van der Waals surface area contributed by atoms with E-state index in [9.17, 15) is 4.79 Å². The van der Waals surface area contributed by atoms with E-state index >= 15 is 0 Å². The zero-order valence-electron chi connectivity index (χ0n) is 9.44. The average molecular weight is 227 g/mol. The summed E-state index contributed by atoms with van der Waals surface area (Å²) < 4.78 is 0. The van der Waals surface area contributed by atoms with Gasteiger partial charge in [-0.1, -0.05) is 0 Å². The van der Waals surface area contributed by atoms with Crippen LogP contribution in [-0.2, 0) is 19.3 Å². The summed E-state index contributed by atoms with van der Waals surface area (Å²) >= 11 is 0. The number of fused-ring (bicyclic) bond motifs is 1. The molecule has 4 nitrogen and oxygen atoms in total. The Hall–Kier alpha value is -1.97. The van der Waals surface area contributed by atoms with Crippen LogP contribution < -0.4 is 5.56 Å². The van der Waals surface area contributed by atoms with Crippen molar-refractivity contribution in [2.45, 2.75) is 25.7 Å². The van der Waals surface area contributed by atoms with Crippen LogP contribution >= 0.6 is 0 Å². The molecule has 1 aliphatic carbocycles. The lowest BCUT2D eigenvalue weighted by molar-refractivity contribution is 0.882. The second-order valence-corrected chi connectivity index (χ2v) is 4.32. The van der Waals surface area contributed by atoms with Crippen LogP contribution in [0.4, 0.5) is 0 Å². The molecule has 1 aliphatic rings. The summed E-state index contributed by atoms with van der Waals surface area (Å²) in [5.74, 6) is 0.752. The molecule has 0 aromatic carbocycles. The molecule has 0 aliphatic heterocycles. The van der Waals surface area contributed by atoms with Crippen molar-refractivity contribution in [1.29, 1.82) is 0 Å². The molecule has 2 aromatic rings. The lowest BCUT2D eigenvalue weighted by Crippen LogP contribution is -2.17. The molecule has 0 bridgehead atoms. The molecule has 0 fully saturated rings. The van der Waals surface area contributed by atoms with Crippen LogP contribution in [0.2, 0.25) is 0 Å². The van der Waals surface area contributed by atoms with E-state index in [0.717, 1.165) is 41.9 Å². The second kappa shape index (κ2) is 4.13. The summed E-state index contributed by atoms with van der Waals surface area (Å²) in [6, 6.07) is 3.88. The van der Waals surface area contributed by atoms with E-state index in [0.29, 0.717) is 6.42 Å². The molecule has 0 spiro atoms. The summed E-state index contributed by atoms with van der Waals surface area (Å²) in [6.07, 6.45) is 7.01. The molecule has 2 aromatic heterocycles. The van der Waals surface area contributed by atoms with Gasteiger partial charge < -0.3 is 4.98 Å². The van der Waals surface area contributed by atoms with Crippen molar-refractivity contribution in [3.05, 3.63) is 57.5 Å². The van der Waals surface area contributed by atoms with E-state index in [4.69, 9.17) is 0 Å². The van der Waals surface area contributed by atoms with Crippen molar-refractivity contribution in [2.24, 2.45) is 0 Å². The number of hydrogen-bond acceptors (Lipinski definition) is 3. The number of pyridine rings is 1. The van der Waals surface area contributed by atoms with Gasteiger partial charge in [-0.05, 0) is 37.0 Å². The number of hydrogen-bond donors (Lipinski definition) is 1. The summed E-state index contributed by atoms with van der Waals surface area (Å²) in [5.41, 5.74) is 3.01. The molecule has 1 N–H and O–H groups in total. The first-order chi connectivity index (χ1) is 8.33. The highest BCUT2D eigenvalue weighted by Crippen LogP contribution is 2.16. The SMILES string of the molecule is O=c1[nH]c(Cc2ccncc2)nc2c1CCC2. The lowest BCUT2D eigenvalue weighted by Gasteiger charge is -2.03. The fraction of sp³-hybridized carbons (Fsp3) is 0.308. The summed E-state index contributed by atoms with van der Waals surface area (Å²) in [6.45, 7) is 0. The largest absolute Gasteiger partial charge is 0.310 e. The molecule has 0 unspecified atom stereocenters. The van der Waals surface area contributed by atoms with Gasteiger partial charge in [-0.15, -0.1) is 0 Å². The van der Waals surface area contributed by atoms with Gasteiger partial charge in [0.1, 0.15) is 5.82 Å². The molecule has 0 saturated carbocycles. The molecular formula is C13H13N3O. The Balaban J connectivity index is 1.95. The van der Waals surface area contributed by atoms with E-state index in [-0.39, 0.29) is 5.56 Å². The Morgan fingerprint density at radius 3 is 2.88 bits per heavy atom. The number of aromatic amines is 1. The van der Waals surface area contributed by atoms with Gasteiger partial charge in [0.15, 0.2) is 0 Å². The molecule has 3 rings (SSSR count). The van der Waals surface area contributed by atoms with Crippen molar-refractivity contribution in [3.8, 4) is 0 Å². The van der Waals surface area contributed by atoms with Crippen molar-refractivity contribution >= 4 is 0 Å². The first-order valence-corrected chi connectivity index (χ1v) is 5.83. The molecule has 0 radical (unpaired) electrons. The van der Waals surface area contributed by atoms with E-state index in [1.54, 1.807) is 12.4 Å². The van der Waals surface area contributed by atoms with Crippen LogP contribution in [0.3, 0.4) is 0 Å². The van der Waals surface area contributed by atoms with E-state index in [1.807, 2.05) is 12.1 Å². The quantitative estimate of drug-likeness (QED) is 0.839. The van der Waals surface area contributed by atoms with Crippen molar-refractivity contribution in [1.82, 2.24) is 15.0 Å². The van der Waals surface area contributed by atoms with Gasteiger partial charge in [-0.3, -0.25) is 9.78 Å². The van der Waals surface area contributed by atoms with Crippen LogP contribution in [0, 0.1) is 0 Å². The first-order valence-electron chi connectivity index (χ1n) is 5.83. The fourth-order valence-corrected chi connectivity index (χ4v) is 2.27. The van der Waals surface area contributed by atoms with Gasteiger partial charge in [0.05, 0.1) is 5.69 Å². The maximum absolute atomic E-state index is 11.8. The maximum atomic E-state index is 11.8. The van der Waals surface area contributed by atoms with Gasteiger partial charge in [0.25, 0.3) is 5.56 Å². The first kappa shape index (κ1) is 10.2. The maximum Gasteiger partial charge on any atom is 0.254 e. The number of H-pyrrole nitrogens is 1. The van der Waals surface area contributed by atoms with E-state index in [2.05, 4.69) is 15.0 Å². The number of aryl methyl sites for hydroxylation is 1. The molecule has 86 valence electrons. The van der Waals surface area contributed by atoms with Gasteiger partial charge in [-0.25, -0.2) is 4.98 Å². The number of nitrogens with zero attached hydrogens (tertiary/aromatic N) is 2. The van der Waals surface area contributed by atoms with Gasteiger partial charge in [-0.2, -0.15) is 0 Å². The minimum absolute atomic E-state index is 0.0385. The average Bonchev–Trinajstić information content (AvgIpc) is 2.79.